The summed E-state index contributed by atoms with van der Waals surface area (Å²) in [5, 5.41) is 30.3. The molecule has 3 N–H and O–H groups in total. The summed E-state index contributed by atoms with van der Waals surface area (Å²) in [6.45, 7) is -0.314. The van der Waals surface area contributed by atoms with E-state index in [1.165, 1.54) is 42.5 Å². The van der Waals surface area contributed by atoms with Crippen LogP contribution in [0.5, 0.6) is 17.2 Å². The molecule has 12 heteroatoms. The molecular weight excluding hydrogens is 620 g/mol. The van der Waals surface area contributed by atoms with Crippen LogP contribution in [0.1, 0.15) is 24.1 Å². The first-order valence-electron chi connectivity index (χ1n) is 11.4. The number of ether oxygens (including phenoxy) is 2. The third-order valence-electron chi connectivity index (χ3n) is 4.95. The number of carbonyl (C=O) groups is 1. The van der Waals surface area contributed by atoms with Crippen LogP contribution in [0.2, 0.25) is 20.1 Å². The Bertz CT molecular complexity index is 1730. The van der Waals surface area contributed by atoms with E-state index in [-0.39, 0.29) is 19.1 Å². The van der Waals surface area contributed by atoms with Gasteiger partial charge in [0.15, 0.2) is 6.61 Å². The second kappa shape index (κ2) is 16.0. The predicted molar refractivity (Wildman–Crippen MR) is 165 cm³/mol. The molecule has 0 saturated heterocycles. The SMILES string of the molecule is C.N#Cc1cc(Cl)cc(Oc2cc(Cl)cc(OCC(=O)Nc3ccc(C#N)cc3Cl)c2)c1.N#Cc1ccc(N)c(Cl)c1. The van der Waals surface area contributed by atoms with Gasteiger partial charge in [-0.3, -0.25) is 4.79 Å². The number of rotatable bonds is 6. The molecule has 0 unspecified atom stereocenters. The molecule has 0 saturated carbocycles. The molecular formula is C30H21Cl4N5O3. The van der Waals surface area contributed by atoms with E-state index < -0.39 is 5.91 Å². The standard InChI is InChI=1S/C22H12Cl3N3O3.C7H5ClN2.CH4/c23-15-3-14(11-27)4-18(7-15)31-19-8-16(24)6-17(9-19)30-12-22(29)28-21-2-1-13(10-26)5-20(21)25;8-6-3-5(4-9)1-2-7(6)10;/h1-9H,12H2,(H,28,29);1-3H,10H2;1H4. The third-order valence-corrected chi connectivity index (χ3v) is 6.03. The summed E-state index contributed by atoms with van der Waals surface area (Å²) >= 11 is 23.8. The van der Waals surface area contributed by atoms with Crippen LogP contribution < -0.4 is 20.5 Å². The average Bonchev–Trinajstić information content (AvgIpc) is 2.94. The Morgan fingerprint density at radius 2 is 1.26 bits per heavy atom. The number of nitrogens with zero attached hydrogens (tertiary/aromatic N) is 3. The topological polar surface area (TPSA) is 145 Å². The van der Waals surface area contributed by atoms with E-state index in [1.807, 2.05) is 18.2 Å². The van der Waals surface area contributed by atoms with Crippen molar-refractivity contribution < 1.29 is 14.3 Å². The Kier molecular flexibility index (Phi) is 12.8. The van der Waals surface area contributed by atoms with Crippen molar-refractivity contribution in [3.05, 3.63) is 110 Å². The highest BCUT2D eigenvalue weighted by atomic mass is 35.5. The lowest BCUT2D eigenvalue weighted by Gasteiger charge is -2.11. The van der Waals surface area contributed by atoms with Crippen molar-refractivity contribution in [1.29, 1.82) is 15.8 Å². The van der Waals surface area contributed by atoms with Crippen molar-refractivity contribution in [2.75, 3.05) is 17.7 Å². The summed E-state index contributed by atoms with van der Waals surface area (Å²) in [7, 11) is 0. The van der Waals surface area contributed by atoms with Crippen molar-refractivity contribution in [1.82, 2.24) is 0 Å². The van der Waals surface area contributed by atoms with Gasteiger partial charge in [-0.1, -0.05) is 53.8 Å². The zero-order valence-corrected chi connectivity index (χ0v) is 23.8. The number of nitrogens with two attached hydrogens (primary N) is 1. The summed E-state index contributed by atoms with van der Waals surface area (Å²) in [4.78, 5) is 12.2. The van der Waals surface area contributed by atoms with Crippen LogP contribution in [0.15, 0.2) is 72.8 Å². The summed E-state index contributed by atoms with van der Waals surface area (Å²) in [6.07, 6.45) is 0. The molecule has 4 aromatic rings. The molecule has 0 aliphatic carbocycles. The van der Waals surface area contributed by atoms with Gasteiger partial charge < -0.3 is 20.5 Å². The van der Waals surface area contributed by atoms with Gasteiger partial charge in [0.2, 0.25) is 0 Å². The first kappa shape index (κ1) is 33.6. The van der Waals surface area contributed by atoms with Gasteiger partial charge in [0.1, 0.15) is 17.2 Å². The van der Waals surface area contributed by atoms with Crippen LogP contribution in [0.3, 0.4) is 0 Å². The number of nitrogens with one attached hydrogen (secondary N) is 1. The first-order valence-corrected chi connectivity index (χ1v) is 12.9. The number of halogens is 4. The Hall–Kier alpha value is -4.62. The van der Waals surface area contributed by atoms with Gasteiger partial charge in [0, 0.05) is 16.1 Å². The molecule has 4 rings (SSSR count). The largest absolute Gasteiger partial charge is 0.484 e. The van der Waals surface area contributed by atoms with E-state index in [0.717, 1.165) is 0 Å². The van der Waals surface area contributed by atoms with E-state index in [0.29, 0.717) is 60.4 Å². The fraction of sp³-hybridized carbons (Fsp3) is 0.0667. The number of hydrogen-bond acceptors (Lipinski definition) is 7. The molecule has 0 aromatic heterocycles. The van der Waals surface area contributed by atoms with Crippen LogP contribution in [0.4, 0.5) is 11.4 Å². The molecule has 0 bridgehead atoms. The maximum Gasteiger partial charge on any atom is 0.262 e. The minimum Gasteiger partial charge on any atom is -0.484 e. The zero-order chi connectivity index (χ0) is 29.9. The second-order valence-corrected chi connectivity index (χ2v) is 9.69. The van der Waals surface area contributed by atoms with Gasteiger partial charge in [-0.15, -0.1) is 0 Å². The van der Waals surface area contributed by atoms with Gasteiger partial charge in [0.05, 0.1) is 56.3 Å². The van der Waals surface area contributed by atoms with Crippen LogP contribution in [0.25, 0.3) is 0 Å². The van der Waals surface area contributed by atoms with Gasteiger partial charge in [0.25, 0.3) is 5.91 Å². The minimum absolute atomic E-state index is 0. The van der Waals surface area contributed by atoms with E-state index in [9.17, 15) is 4.79 Å². The van der Waals surface area contributed by atoms with Crippen LogP contribution >= 0.6 is 46.4 Å². The molecule has 0 heterocycles. The normalized spacial score (nSPS) is 9.45. The minimum atomic E-state index is -0.456. The molecule has 0 atom stereocenters. The van der Waals surface area contributed by atoms with Crippen LogP contribution in [-0.4, -0.2) is 12.5 Å². The summed E-state index contributed by atoms with van der Waals surface area (Å²) in [6, 6.07) is 24.4. The number of nitrogen functional groups attached to an aromatic ring is 1. The summed E-state index contributed by atoms with van der Waals surface area (Å²) in [5.41, 5.74) is 7.52. The molecule has 212 valence electrons. The zero-order valence-electron chi connectivity index (χ0n) is 20.8. The fourth-order valence-electron chi connectivity index (χ4n) is 3.12. The van der Waals surface area contributed by atoms with Gasteiger partial charge >= 0.3 is 0 Å². The van der Waals surface area contributed by atoms with Gasteiger partial charge in [-0.25, -0.2) is 0 Å². The fourth-order valence-corrected chi connectivity index (χ4v) is 3.97. The third kappa shape index (κ3) is 10.1. The van der Waals surface area contributed by atoms with E-state index in [1.54, 1.807) is 30.3 Å². The van der Waals surface area contributed by atoms with Crippen LogP contribution in [0, 0.1) is 34.0 Å². The Labute approximate surface area is 262 Å². The average molecular weight is 641 g/mol. The highest BCUT2D eigenvalue weighted by Gasteiger charge is 2.10. The van der Waals surface area contributed by atoms with E-state index in [4.69, 9.17) is 77.4 Å². The highest BCUT2D eigenvalue weighted by Crippen LogP contribution is 2.31. The second-order valence-electron chi connectivity index (χ2n) is 8.00. The molecule has 0 fully saturated rings. The maximum absolute atomic E-state index is 12.2. The van der Waals surface area contributed by atoms with Crippen LogP contribution in [-0.2, 0) is 4.79 Å². The lowest BCUT2D eigenvalue weighted by atomic mass is 10.2. The lowest BCUT2D eigenvalue weighted by Crippen LogP contribution is -2.20. The number of amides is 1. The Morgan fingerprint density at radius 3 is 1.86 bits per heavy atom. The Morgan fingerprint density at radius 1 is 0.714 bits per heavy atom. The van der Waals surface area contributed by atoms with E-state index >= 15 is 0 Å². The number of nitriles is 3. The molecule has 4 aromatic carbocycles. The maximum atomic E-state index is 12.2. The van der Waals surface area contributed by atoms with Crippen molar-refractivity contribution in [3.63, 3.8) is 0 Å². The molecule has 0 aliphatic rings. The number of carbonyl (C=O) groups excluding carboxylic acids is 1. The van der Waals surface area contributed by atoms with E-state index in [2.05, 4.69) is 5.32 Å². The monoisotopic (exact) mass is 639 g/mol. The molecule has 0 radical (unpaired) electrons. The molecule has 1 amide bonds. The highest BCUT2D eigenvalue weighted by molar-refractivity contribution is 6.34. The van der Waals surface area contributed by atoms with Crippen molar-refractivity contribution >= 4 is 63.7 Å². The molecule has 0 aliphatic heterocycles. The molecule has 8 nitrogen and oxygen atoms in total. The summed E-state index contributed by atoms with van der Waals surface area (Å²) < 4.78 is 11.2. The Balaban J connectivity index is 0.000000475. The van der Waals surface area contributed by atoms with Gasteiger partial charge in [-0.05, 0) is 66.7 Å². The first-order chi connectivity index (χ1) is 19.6. The molecule has 42 heavy (non-hydrogen) atoms. The number of anilines is 2. The van der Waals surface area contributed by atoms with Crippen molar-refractivity contribution in [3.8, 4) is 35.5 Å². The molecule has 0 spiro atoms. The quantitative estimate of drug-likeness (QED) is 0.201. The summed E-state index contributed by atoms with van der Waals surface area (Å²) in [5.74, 6) is 0.531. The smallest absolute Gasteiger partial charge is 0.262 e. The van der Waals surface area contributed by atoms with Crippen molar-refractivity contribution in [2.24, 2.45) is 0 Å². The predicted octanol–water partition coefficient (Wildman–Crippen LogP) is 8.63. The number of hydrogen-bond donors (Lipinski definition) is 2. The number of benzene rings is 4. The van der Waals surface area contributed by atoms with Gasteiger partial charge in [-0.2, -0.15) is 15.8 Å². The van der Waals surface area contributed by atoms with Crippen molar-refractivity contribution in [2.45, 2.75) is 7.43 Å². The lowest BCUT2D eigenvalue weighted by molar-refractivity contribution is -0.118.